The highest BCUT2D eigenvalue weighted by Gasteiger charge is 2.05. The van der Waals surface area contributed by atoms with Crippen LogP contribution in [0.15, 0.2) is 161 Å². The van der Waals surface area contributed by atoms with Crippen molar-refractivity contribution in [3.05, 3.63) is 189 Å². The monoisotopic (exact) mass is 872 g/mol. The number of hydrogen-bond acceptors (Lipinski definition) is 9. The van der Waals surface area contributed by atoms with Gasteiger partial charge in [0.2, 0.25) is 0 Å². The minimum absolute atomic E-state index is 0.0239. The van der Waals surface area contributed by atoms with Crippen molar-refractivity contribution in [2.45, 2.75) is 12.8 Å². The summed E-state index contributed by atoms with van der Waals surface area (Å²) in [5.74, 6) is 4.09. The molecule has 11 nitrogen and oxygen atoms in total. The first-order chi connectivity index (χ1) is 31.9. The number of rotatable bonds is 22. The summed E-state index contributed by atoms with van der Waals surface area (Å²) in [6.07, 6.45) is 14.7. The summed E-state index contributed by atoms with van der Waals surface area (Å²) in [6.45, 7) is 5.83. The quantitative estimate of drug-likeness (QED) is 0.0423. The lowest BCUT2D eigenvalue weighted by atomic mass is 10.2. The van der Waals surface area contributed by atoms with Crippen molar-refractivity contribution < 1.29 is 14.2 Å². The average Bonchev–Trinajstić information content (AvgIpc) is 3.34. The predicted molar refractivity (Wildman–Crippen MR) is 271 cm³/mol. The van der Waals surface area contributed by atoms with E-state index < -0.39 is 0 Å². The van der Waals surface area contributed by atoms with Gasteiger partial charge in [-0.3, -0.25) is 14.5 Å². The van der Waals surface area contributed by atoms with Gasteiger partial charge >= 0.3 is 0 Å². The summed E-state index contributed by atoms with van der Waals surface area (Å²) in [5.41, 5.74) is 5.19. The molecular weight excluding hydrogens is 813 g/mol. The number of methoxy groups -OCH3 is 3. The topological polar surface area (TPSA) is 133 Å². The van der Waals surface area contributed by atoms with Crippen LogP contribution >= 0.6 is 0 Å². The summed E-state index contributed by atoms with van der Waals surface area (Å²) < 4.78 is 15.6. The average molecular weight is 873 g/mol. The number of H-pyrrole nitrogens is 2. The van der Waals surface area contributed by atoms with Crippen LogP contribution in [0.1, 0.15) is 29.5 Å². The van der Waals surface area contributed by atoms with Gasteiger partial charge in [0.05, 0.1) is 32.4 Å². The van der Waals surface area contributed by atoms with Gasteiger partial charge in [-0.15, -0.1) is 0 Å². The van der Waals surface area contributed by atoms with E-state index in [1.165, 1.54) is 0 Å². The van der Waals surface area contributed by atoms with Gasteiger partial charge < -0.3 is 40.1 Å². The summed E-state index contributed by atoms with van der Waals surface area (Å²) in [6, 6.07) is 42.4. The van der Waals surface area contributed by atoms with Crippen LogP contribution in [0.3, 0.4) is 0 Å². The van der Waals surface area contributed by atoms with E-state index in [9.17, 15) is 9.59 Å². The Balaban J connectivity index is 0.000000228. The molecule has 0 atom stereocenters. The maximum Gasteiger partial charge on any atom is 0.191 e. The molecule has 0 aliphatic rings. The number of aromatic nitrogens is 2. The molecule has 0 aliphatic carbocycles. The zero-order valence-electron chi connectivity index (χ0n) is 37.5. The molecule has 0 unspecified atom stereocenters. The Labute approximate surface area is 381 Å². The Morgan fingerprint density at radius 2 is 0.923 bits per heavy atom. The van der Waals surface area contributed by atoms with Crippen LogP contribution in [0, 0.1) is 0 Å². The lowest BCUT2D eigenvalue weighted by Crippen LogP contribution is -2.26. The van der Waals surface area contributed by atoms with Gasteiger partial charge in [-0.05, 0) is 96.7 Å². The molecule has 7 rings (SSSR count). The first-order valence-corrected chi connectivity index (χ1v) is 22.0. The number of anilines is 2. The molecular formula is C54H60N6O5. The Hall–Kier alpha value is -7.34. The van der Waals surface area contributed by atoms with E-state index in [-0.39, 0.29) is 10.9 Å². The third kappa shape index (κ3) is 15.5. The van der Waals surface area contributed by atoms with Crippen LogP contribution in [0.5, 0.6) is 17.2 Å². The molecule has 65 heavy (non-hydrogen) atoms. The van der Waals surface area contributed by atoms with Crippen LogP contribution in [0.25, 0.3) is 40.0 Å². The molecule has 7 aromatic rings. The molecule has 0 bridgehead atoms. The number of hydrogen-bond donors (Lipinski definition) is 5. The molecule has 5 N–H and O–H groups in total. The number of aromatic amines is 2. The molecule has 2 heterocycles. The Kier molecular flexibility index (Phi) is 18.6. The van der Waals surface area contributed by atoms with Gasteiger partial charge in [0, 0.05) is 62.2 Å². The SMILES string of the molecule is COc1ccc(C=CCN(CC=Cc2ccc(OC)cc2)CCCNc2cc(=O)c3ccccc3[nH]2)cc1.COc1ccc(C=CCNCCCNc2cc(=O)c3ccccc3[nH]2)cc1. The smallest absolute Gasteiger partial charge is 0.191 e. The highest BCUT2D eigenvalue weighted by Crippen LogP contribution is 2.16. The lowest BCUT2D eigenvalue weighted by Gasteiger charge is -2.19. The minimum Gasteiger partial charge on any atom is -0.497 e. The van der Waals surface area contributed by atoms with Gasteiger partial charge in [-0.2, -0.15) is 0 Å². The van der Waals surface area contributed by atoms with Crippen LogP contribution in [0.2, 0.25) is 0 Å². The van der Waals surface area contributed by atoms with Crippen molar-refractivity contribution in [1.29, 1.82) is 0 Å². The number of para-hydroxylation sites is 2. The highest BCUT2D eigenvalue weighted by atomic mass is 16.5. The fourth-order valence-electron chi connectivity index (χ4n) is 7.00. The van der Waals surface area contributed by atoms with Crippen LogP contribution in [0.4, 0.5) is 11.6 Å². The fourth-order valence-corrected chi connectivity index (χ4v) is 7.00. The first kappa shape index (κ1) is 47.1. The molecule has 0 amide bonds. The maximum absolute atomic E-state index is 12.4. The van der Waals surface area contributed by atoms with E-state index in [1.54, 1.807) is 33.5 Å². The third-order valence-corrected chi connectivity index (χ3v) is 10.6. The van der Waals surface area contributed by atoms with Crippen LogP contribution in [-0.2, 0) is 0 Å². The predicted octanol–water partition coefficient (Wildman–Crippen LogP) is 9.72. The van der Waals surface area contributed by atoms with Crippen molar-refractivity contribution in [1.82, 2.24) is 20.2 Å². The van der Waals surface area contributed by atoms with E-state index in [0.29, 0.717) is 10.8 Å². The number of nitrogens with zero attached hydrogens (tertiary/aromatic N) is 1. The van der Waals surface area contributed by atoms with Gasteiger partial charge in [-0.1, -0.05) is 97.1 Å². The van der Waals surface area contributed by atoms with Gasteiger partial charge in [0.15, 0.2) is 10.9 Å². The lowest BCUT2D eigenvalue weighted by molar-refractivity contribution is 0.334. The summed E-state index contributed by atoms with van der Waals surface area (Å²) in [4.78, 5) is 33.4. The second kappa shape index (κ2) is 25.7. The molecule has 0 saturated heterocycles. The molecule has 0 aliphatic heterocycles. The third-order valence-electron chi connectivity index (χ3n) is 10.6. The number of fused-ring (bicyclic) bond motifs is 2. The van der Waals surface area contributed by atoms with Crippen molar-refractivity contribution in [3.8, 4) is 17.2 Å². The second-order valence-corrected chi connectivity index (χ2v) is 15.2. The summed E-state index contributed by atoms with van der Waals surface area (Å²) in [7, 11) is 5.02. The Morgan fingerprint density at radius 3 is 1.37 bits per heavy atom. The van der Waals surface area contributed by atoms with Gasteiger partial charge in [0.25, 0.3) is 0 Å². The number of nitrogens with one attached hydrogen (secondary N) is 5. The van der Waals surface area contributed by atoms with E-state index in [2.05, 4.69) is 91.5 Å². The standard InChI is InChI=1S/C32H35N3O3.C22H25N3O2/c1-37-27-16-12-25(13-17-27)8-5-21-35(22-6-9-26-14-18-28(38-2)19-15-26)23-7-20-33-32-24-31(36)29-10-3-4-11-30(29)34-32;1-27-18-11-9-17(10-12-18)6-4-13-23-14-5-15-24-22-16-21(26)19-7-2-3-8-20(19)25-22/h3-6,8-19,24H,7,20-23H2,1-2H3,(H2,33,34,36);2-4,6-12,16,23H,5,13-15H2,1H3,(H2,24,25,26). The molecule has 0 fully saturated rings. The van der Waals surface area contributed by atoms with Crippen LogP contribution < -0.4 is 41.0 Å². The van der Waals surface area contributed by atoms with Gasteiger partial charge in [0.1, 0.15) is 28.9 Å². The van der Waals surface area contributed by atoms with Crippen molar-refractivity contribution in [2.75, 3.05) is 77.8 Å². The van der Waals surface area contributed by atoms with Crippen molar-refractivity contribution >= 4 is 51.7 Å². The largest absolute Gasteiger partial charge is 0.497 e. The van der Waals surface area contributed by atoms with E-state index >= 15 is 0 Å². The Morgan fingerprint density at radius 1 is 0.508 bits per heavy atom. The van der Waals surface area contributed by atoms with Crippen molar-refractivity contribution in [3.63, 3.8) is 0 Å². The van der Waals surface area contributed by atoms with Crippen molar-refractivity contribution in [2.24, 2.45) is 0 Å². The first-order valence-electron chi connectivity index (χ1n) is 22.0. The second-order valence-electron chi connectivity index (χ2n) is 15.2. The summed E-state index contributed by atoms with van der Waals surface area (Å²) >= 11 is 0. The van der Waals surface area contributed by atoms with Crippen LogP contribution in [-0.4, -0.2) is 82.0 Å². The van der Waals surface area contributed by atoms with E-state index in [1.807, 2.05) is 97.1 Å². The molecule has 336 valence electrons. The minimum atomic E-state index is 0.0239. The number of ether oxygens (including phenoxy) is 3. The molecule has 2 aromatic heterocycles. The van der Waals surface area contributed by atoms with E-state index in [4.69, 9.17) is 14.2 Å². The number of pyridine rings is 2. The normalized spacial score (nSPS) is 11.4. The molecule has 0 radical (unpaired) electrons. The molecule has 0 spiro atoms. The highest BCUT2D eigenvalue weighted by molar-refractivity contribution is 5.80. The molecule has 5 aromatic carbocycles. The van der Waals surface area contributed by atoms with Gasteiger partial charge in [-0.25, -0.2) is 0 Å². The zero-order valence-corrected chi connectivity index (χ0v) is 37.5. The number of benzene rings is 5. The fraction of sp³-hybridized carbons (Fsp3) is 0.222. The summed E-state index contributed by atoms with van der Waals surface area (Å²) in [5, 5.41) is 11.5. The zero-order chi connectivity index (χ0) is 45.5. The molecule has 11 heteroatoms. The molecule has 0 saturated carbocycles. The Bertz CT molecular complexity index is 2660. The van der Waals surface area contributed by atoms with E-state index in [0.717, 1.165) is 115 Å². The maximum atomic E-state index is 12.4.